The van der Waals surface area contributed by atoms with Gasteiger partial charge in [0.2, 0.25) is 0 Å². The quantitative estimate of drug-likeness (QED) is 0.785. The minimum atomic E-state index is 0.226. The lowest BCUT2D eigenvalue weighted by Gasteiger charge is -2.12. The zero-order chi connectivity index (χ0) is 12.3. The predicted molar refractivity (Wildman–Crippen MR) is 72.2 cm³/mol. The highest BCUT2D eigenvalue weighted by molar-refractivity contribution is 5.81. The molecule has 2 rings (SSSR count). The molecule has 0 aliphatic rings. The Labute approximate surface area is 102 Å². The molecule has 2 nitrogen and oxygen atoms in total. The fraction of sp³-hybridized carbons (Fsp3) is 0.333. The molecule has 90 valence electrons. The van der Waals surface area contributed by atoms with Gasteiger partial charge in [-0.15, -0.1) is 6.58 Å². The topological polar surface area (TPSA) is 25.2 Å². The first-order valence-corrected chi connectivity index (χ1v) is 6.09. The lowest BCUT2D eigenvalue weighted by atomic mass is 10.1. The van der Waals surface area contributed by atoms with E-state index in [1.165, 1.54) is 10.9 Å². The van der Waals surface area contributed by atoms with Gasteiger partial charge in [0.25, 0.3) is 0 Å². The number of rotatable bonds is 5. The average Bonchev–Trinajstić information content (AvgIpc) is 2.74. The molecule has 0 aliphatic heterocycles. The minimum absolute atomic E-state index is 0.226. The highest BCUT2D eigenvalue weighted by atomic mass is 16.3. The summed E-state index contributed by atoms with van der Waals surface area (Å²) in [6, 6.07) is 8.58. The maximum absolute atomic E-state index is 5.96. The summed E-state index contributed by atoms with van der Waals surface area (Å²) >= 11 is 0. The van der Waals surface area contributed by atoms with Crippen LogP contribution in [0.2, 0.25) is 0 Å². The molecule has 0 saturated carbocycles. The minimum Gasteiger partial charge on any atom is -0.459 e. The first kappa shape index (κ1) is 11.9. The largest absolute Gasteiger partial charge is 0.459 e. The van der Waals surface area contributed by atoms with Crippen LogP contribution in [0.5, 0.6) is 0 Å². The van der Waals surface area contributed by atoms with Crippen molar-refractivity contribution in [1.82, 2.24) is 5.32 Å². The molecule has 1 atom stereocenters. The molecule has 1 N–H and O–H groups in total. The number of benzene rings is 1. The zero-order valence-corrected chi connectivity index (χ0v) is 10.5. The highest BCUT2D eigenvalue weighted by Crippen LogP contribution is 2.27. The van der Waals surface area contributed by atoms with Gasteiger partial charge in [-0.3, -0.25) is 0 Å². The Morgan fingerprint density at radius 3 is 2.94 bits per heavy atom. The van der Waals surface area contributed by atoms with Crippen LogP contribution in [0, 0.1) is 6.92 Å². The van der Waals surface area contributed by atoms with Crippen molar-refractivity contribution in [3.63, 3.8) is 0 Å². The standard InChI is InChI=1S/C15H19NO/c1-4-7-13(16-5-2)14-10-12-9-6-8-11(3)15(12)17-14/h4,6,8-10,13,16H,1,5,7H2,2-3H3. The van der Waals surface area contributed by atoms with Crippen molar-refractivity contribution in [1.29, 1.82) is 0 Å². The Bertz CT molecular complexity index is 513. The molecule has 0 bridgehead atoms. The molecule has 0 aliphatic carbocycles. The van der Waals surface area contributed by atoms with E-state index in [9.17, 15) is 0 Å². The molecular formula is C15H19NO. The molecule has 1 aromatic heterocycles. The van der Waals surface area contributed by atoms with Gasteiger partial charge in [-0.05, 0) is 31.5 Å². The van der Waals surface area contributed by atoms with E-state index in [2.05, 4.69) is 50.0 Å². The van der Waals surface area contributed by atoms with Crippen LogP contribution in [0.3, 0.4) is 0 Å². The third-order valence-corrected chi connectivity index (χ3v) is 2.96. The van der Waals surface area contributed by atoms with Crippen LogP contribution in [0.1, 0.15) is 30.7 Å². The van der Waals surface area contributed by atoms with Gasteiger partial charge in [0, 0.05) is 5.39 Å². The van der Waals surface area contributed by atoms with Gasteiger partial charge in [-0.2, -0.15) is 0 Å². The summed E-state index contributed by atoms with van der Waals surface area (Å²) in [6.45, 7) is 8.90. The van der Waals surface area contributed by atoms with Crippen LogP contribution in [0.4, 0.5) is 0 Å². The van der Waals surface area contributed by atoms with Crippen LogP contribution in [0.25, 0.3) is 11.0 Å². The van der Waals surface area contributed by atoms with Gasteiger partial charge in [0.1, 0.15) is 11.3 Å². The van der Waals surface area contributed by atoms with Crippen LogP contribution < -0.4 is 5.32 Å². The SMILES string of the molecule is C=CCC(NCC)c1cc2cccc(C)c2o1. The highest BCUT2D eigenvalue weighted by Gasteiger charge is 2.14. The maximum Gasteiger partial charge on any atom is 0.137 e. The van der Waals surface area contributed by atoms with Crippen molar-refractivity contribution in [2.24, 2.45) is 0 Å². The van der Waals surface area contributed by atoms with Crippen molar-refractivity contribution >= 4 is 11.0 Å². The molecule has 0 spiro atoms. The Morgan fingerprint density at radius 1 is 1.47 bits per heavy atom. The van der Waals surface area contributed by atoms with E-state index >= 15 is 0 Å². The summed E-state index contributed by atoms with van der Waals surface area (Å²) in [5.41, 5.74) is 2.18. The Balaban J connectivity index is 2.40. The first-order valence-electron chi connectivity index (χ1n) is 6.09. The summed E-state index contributed by atoms with van der Waals surface area (Å²) in [5, 5.41) is 4.59. The molecule has 1 heterocycles. The molecule has 0 radical (unpaired) electrons. The van der Waals surface area contributed by atoms with Gasteiger partial charge < -0.3 is 9.73 Å². The second kappa shape index (κ2) is 5.19. The fourth-order valence-corrected chi connectivity index (χ4v) is 2.11. The molecule has 2 heteroatoms. The molecule has 1 unspecified atom stereocenters. The van der Waals surface area contributed by atoms with E-state index in [4.69, 9.17) is 4.42 Å². The number of nitrogens with one attached hydrogen (secondary N) is 1. The number of hydrogen-bond acceptors (Lipinski definition) is 2. The maximum atomic E-state index is 5.96. The molecule has 0 amide bonds. The average molecular weight is 229 g/mol. The Hall–Kier alpha value is -1.54. The van der Waals surface area contributed by atoms with Crippen molar-refractivity contribution in [2.75, 3.05) is 6.54 Å². The Kier molecular flexibility index (Phi) is 3.64. The second-order valence-electron chi connectivity index (χ2n) is 4.28. The van der Waals surface area contributed by atoms with Gasteiger partial charge in [-0.25, -0.2) is 0 Å². The number of hydrogen-bond donors (Lipinski definition) is 1. The molecule has 2 aromatic rings. The van der Waals surface area contributed by atoms with Gasteiger partial charge in [0.15, 0.2) is 0 Å². The summed E-state index contributed by atoms with van der Waals surface area (Å²) < 4.78 is 5.96. The van der Waals surface area contributed by atoms with E-state index in [-0.39, 0.29) is 6.04 Å². The van der Waals surface area contributed by atoms with E-state index in [0.29, 0.717) is 0 Å². The molecule has 0 saturated heterocycles. The third-order valence-electron chi connectivity index (χ3n) is 2.96. The second-order valence-corrected chi connectivity index (χ2v) is 4.28. The van der Waals surface area contributed by atoms with E-state index < -0.39 is 0 Å². The third kappa shape index (κ3) is 2.42. The number of furan rings is 1. The lowest BCUT2D eigenvalue weighted by molar-refractivity contribution is 0.439. The molecule has 0 fully saturated rings. The van der Waals surface area contributed by atoms with Gasteiger partial charge in [0.05, 0.1) is 6.04 Å². The summed E-state index contributed by atoms with van der Waals surface area (Å²) in [5.74, 6) is 0.996. The normalized spacial score (nSPS) is 12.8. The van der Waals surface area contributed by atoms with Crippen LogP contribution >= 0.6 is 0 Å². The number of para-hydroxylation sites is 1. The summed E-state index contributed by atoms with van der Waals surface area (Å²) in [6.07, 6.45) is 2.81. The molecule has 17 heavy (non-hydrogen) atoms. The van der Waals surface area contributed by atoms with Crippen LogP contribution in [-0.2, 0) is 0 Å². The van der Waals surface area contributed by atoms with Crippen molar-refractivity contribution in [2.45, 2.75) is 26.3 Å². The van der Waals surface area contributed by atoms with Gasteiger partial charge in [-0.1, -0.05) is 31.2 Å². The van der Waals surface area contributed by atoms with Crippen molar-refractivity contribution < 1.29 is 4.42 Å². The molecule has 1 aromatic carbocycles. The molecular weight excluding hydrogens is 210 g/mol. The van der Waals surface area contributed by atoms with Crippen molar-refractivity contribution in [3.05, 3.63) is 48.2 Å². The van der Waals surface area contributed by atoms with E-state index in [1.807, 2.05) is 6.08 Å². The van der Waals surface area contributed by atoms with Crippen LogP contribution in [0.15, 0.2) is 41.3 Å². The monoisotopic (exact) mass is 229 g/mol. The van der Waals surface area contributed by atoms with E-state index in [0.717, 1.165) is 24.3 Å². The lowest BCUT2D eigenvalue weighted by Crippen LogP contribution is -2.19. The number of fused-ring (bicyclic) bond motifs is 1. The predicted octanol–water partition coefficient (Wildman–Crippen LogP) is 3.97. The fourth-order valence-electron chi connectivity index (χ4n) is 2.11. The van der Waals surface area contributed by atoms with E-state index in [1.54, 1.807) is 0 Å². The van der Waals surface area contributed by atoms with Crippen LogP contribution in [-0.4, -0.2) is 6.54 Å². The summed E-state index contributed by atoms with van der Waals surface area (Å²) in [4.78, 5) is 0. The summed E-state index contributed by atoms with van der Waals surface area (Å²) in [7, 11) is 0. The zero-order valence-electron chi connectivity index (χ0n) is 10.5. The Morgan fingerprint density at radius 2 is 2.29 bits per heavy atom. The first-order chi connectivity index (χ1) is 8.26. The smallest absolute Gasteiger partial charge is 0.137 e. The number of aryl methyl sites for hydroxylation is 1. The van der Waals surface area contributed by atoms with Crippen molar-refractivity contribution in [3.8, 4) is 0 Å². The van der Waals surface area contributed by atoms with Gasteiger partial charge >= 0.3 is 0 Å².